The molecule has 3 saturated carbocycles. The van der Waals surface area contributed by atoms with Gasteiger partial charge in [-0.25, -0.2) is 4.98 Å². The quantitative estimate of drug-likeness (QED) is 0.814. The van der Waals surface area contributed by atoms with E-state index in [0.29, 0.717) is 0 Å². The molecule has 2 heteroatoms. The van der Waals surface area contributed by atoms with E-state index in [0.717, 1.165) is 18.3 Å². The zero-order valence-electron chi connectivity index (χ0n) is 11.7. The third-order valence-corrected chi connectivity index (χ3v) is 6.23. The molecule has 102 valence electrons. The van der Waals surface area contributed by atoms with Crippen LogP contribution in [0, 0.1) is 11.8 Å². The lowest BCUT2D eigenvalue weighted by molar-refractivity contribution is 0.137. The van der Waals surface area contributed by atoms with Crippen molar-refractivity contribution in [3.8, 4) is 0 Å². The third kappa shape index (κ3) is 1.19. The highest BCUT2D eigenvalue weighted by Gasteiger charge is 2.57. The van der Waals surface area contributed by atoms with E-state index in [1.165, 1.54) is 37.8 Å². The van der Waals surface area contributed by atoms with Crippen molar-refractivity contribution >= 4 is 0 Å². The van der Waals surface area contributed by atoms with Crippen LogP contribution in [0.2, 0.25) is 0 Å². The Labute approximate surface area is 119 Å². The number of rotatable bonds is 1. The summed E-state index contributed by atoms with van der Waals surface area (Å²) in [5.41, 5.74) is 6.72. The number of hydrogen-bond acceptors (Lipinski definition) is 1. The van der Waals surface area contributed by atoms with Gasteiger partial charge in [0, 0.05) is 17.3 Å². The van der Waals surface area contributed by atoms with Gasteiger partial charge in [0.1, 0.15) is 0 Å². The molecule has 5 aliphatic carbocycles. The van der Waals surface area contributed by atoms with Crippen molar-refractivity contribution < 1.29 is 0 Å². The number of allylic oxidation sites excluding steroid dienone is 6. The van der Waals surface area contributed by atoms with E-state index in [-0.39, 0.29) is 5.41 Å². The van der Waals surface area contributed by atoms with Gasteiger partial charge in [-0.05, 0) is 61.5 Å². The Morgan fingerprint density at radius 1 is 1.20 bits per heavy atom. The van der Waals surface area contributed by atoms with E-state index in [1.807, 2.05) is 6.33 Å². The van der Waals surface area contributed by atoms with Crippen molar-refractivity contribution in [2.45, 2.75) is 43.9 Å². The fraction of sp³-hybridized carbons (Fsp3) is 0.500. The number of nitrogens with zero attached hydrogens (tertiary/aromatic N) is 1. The molecule has 1 heterocycles. The van der Waals surface area contributed by atoms with Gasteiger partial charge in [-0.1, -0.05) is 23.8 Å². The predicted octanol–water partition coefficient (Wildman–Crippen LogP) is 4.05. The molecule has 0 radical (unpaired) electrons. The maximum Gasteiger partial charge on any atom is 0.0922 e. The maximum absolute atomic E-state index is 4.34. The summed E-state index contributed by atoms with van der Waals surface area (Å²) in [6.07, 6.45) is 18.9. The van der Waals surface area contributed by atoms with E-state index in [1.54, 1.807) is 16.7 Å². The summed E-state index contributed by atoms with van der Waals surface area (Å²) in [5, 5.41) is 0. The third-order valence-electron chi connectivity index (χ3n) is 6.23. The first-order chi connectivity index (χ1) is 9.89. The lowest BCUT2D eigenvalue weighted by Crippen LogP contribution is -2.46. The average molecular weight is 264 g/mol. The van der Waals surface area contributed by atoms with Crippen LogP contribution >= 0.6 is 0 Å². The molecule has 0 spiro atoms. The van der Waals surface area contributed by atoms with Crippen LogP contribution in [0.4, 0.5) is 0 Å². The number of H-pyrrole nitrogens is 1. The number of aromatic amines is 1. The van der Waals surface area contributed by atoms with E-state index in [4.69, 9.17) is 0 Å². The predicted molar refractivity (Wildman–Crippen MR) is 79.2 cm³/mol. The SMILES string of the molecule is C1=CCC2=C3C4CCC(CC4)C3(c3cnc[nH]3)CC2=C1. The number of aromatic nitrogens is 2. The minimum Gasteiger partial charge on any atom is -0.348 e. The summed E-state index contributed by atoms with van der Waals surface area (Å²) in [4.78, 5) is 7.81. The summed E-state index contributed by atoms with van der Waals surface area (Å²) in [6.45, 7) is 0. The number of fused-ring (bicyclic) bond motifs is 3. The Balaban J connectivity index is 1.78. The second-order valence-corrected chi connectivity index (χ2v) is 6.88. The molecule has 6 rings (SSSR count). The molecule has 3 fully saturated rings. The van der Waals surface area contributed by atoms with E-state index < -0.39 is 0 Å². The monoisotopic (exact) mass is 264 g/mol. The van der Waals surface area contributed by atoms with Crippen LogP contribution in [0.15, 0.2) is 47.5 Å². The maximum atomic E-state index is 4.34. The lowest BCUT2D eigenvalue weighted by atomic mass is 9.52. The molecule has 0 saturated heterocycles. The van der Waals surface area contributed by atoms with Gasteiger partial charge in [-0.15, -0.1) is 0 Å². The molecule has 1 aromatic rings. The van der Waals surface area contributed by atoms with Crippen LogP contribution in [0.1, 0.15) is 44.2 Å². The van der Waals surface area contributed by atoms with Crippen molar-refractivity contribution in [1.82, 2.24) is 9.97 Å². The highest BCUT2D eigenvalue weighted by molar-refractivity contribution is 5.58. The standard InChI is InChI=1S/C18H20N2/c1-2-4-15-13(3-1)9-18(16-10-19-11-20-16)14-7-5-12(6-8-14)17(15)18/h1-3,10-12,14H,4-9H2,(H,19,20). The molecule has 2 nitrogen and oxygen atoms in total. The van der Waals surface area contributed by atoms with Gasteiger partial charge < -0.3 is 4.98 Å². The van der Waals surface area contributed by atoms with Crippen LogP contribution in [-0.4, -0.2) is 9.97 Å². The Morgan fingerprint density at radius 2 is 2.10 bits per heavy atom. The van der Waals surface area contributed by atoms with Gasteiger partial charge in [0.05, 0.1) is 6.33 Å². The zero-order valence-corrected chi connectivity index (χ0v) is 11.7. The summed E-state index contributed by atoms with van der Waals surface area (Å²) in [6, 6.07) is 0. The largest absolute Gasteiger partial charge is 0.348 e. The van der Waals surface area contributed by atoms with Crippen molar-refractivity contribution in [3.05, 3.63) is 53.2 Å². The van der Waals surface area contributed by atoms with E-state index >= 15 is 0 Å². The van der Waals surface area contributed by atoms with Crippen LogP contribution in [0.3, 0.4) is 0 Å². The second kappa shape index (κ2) is 3.75. The fourth-order valence-corrected chi connectivity index (χ4v) is 5.53. The van der Waals surface area contributed by atoms with Crippen LogP contribution in [0.5, 0.6) is 0 Å². The second-order valence-electron chi connectivity index (χ2n) is 6.88. The molecule has 1 unspecified atom stereocenters. The topological polar surface area (TPSA) is 28.7 Å². The van der Waals surface area contributed by atoms with Crippen LogP contribution < -0.4 is 0 Å². The lowest BCUT2D eigenvalue weighted by Gasteiger charge is -2.51. The highest BCUT2D eigenvalue weighted by atomic mass is 14.9. The molecular weight excluding hydrogens is 244 g/mol. The van der Waals surface area contributed by atoms with Crippen molar-refractivity contribution in [2.75, 3.05) is 0 Å². The molecule has 0 aromatic carbocycles. The van der Waals surface area contributed by atoms with E-state index in [2.05, 4.69) is 34.4 Å². The Morgan fingerprint density at radius 3 is 2.90 bits per heavy atom. The van der Waals surface area contributed by atoms with Gasteiger partial charge in [0.15, 0.2) is 0 Å². The molecular formula is C18H20N2. The molecule has 1 N–H and O–H groups in total. The number of hydrogen-bond donors (Lipinski definition) is 1. The van der Waals surface area contributed by atoms with Crippen LogP contribution in [0.25, 0.3) is 0 Å². The first-order valence-corrected chi connectivity index (χ1v) is 7.98. The van der Waals surface area contributed by atoms with Gasteiger partial charge >= 0.3 is 0 Å². The Kier molecular flexibility index (Phi) is 2.09. The van der Waals surface area contributed by atoms with Gasteiger partial charge in [-0.3, -0.25) is 0 Å². The minimum absolute atomic E-state index is 0.269. The highest BCUT2D eigenvalue weighted by Crippen LogP contribution is 2.64. The van der Waals surface area contributed by atoms with E-state index in [9.17, 15) is 0 Å². The molecule has 0 amide bonds. The first-order valence-electron chi connectivity index (χ1n) is 7.98. The molecule has 2 bridgehead atoms. The Bertz CT molecular complexity index is 639. The summed E-state index contributed by atoms with van der Waals surface area (Å²) in [5.74, 6) is 1.65. The summed E-state index contributed by atoms with van der Waals surface area (Å²) < 4.78 is 0. The average Bonchev–Trinajstić information content (AvgIpc) is 3.15. The van der Waals surface area contributed by atoms with Crippen molar-refractivity contribution in [2.24, 2.45) is 11.8 Å². The molecule has 1 aromatic heterocycles. The minimum atomic E-state index is 0.269. The number of nitrogens with one attached hydrogen (secondary N) is 1. The first kappa shape index (κ1) is 11.1. The molecule has 1 atom stereocenters. The summed E-state index contributed by atoms with van der Waals surface area (Å²) in [7, 11) is 0. The van der Waals surface area contributed by atoms with Gasteiger partial charge in [-0.2, -0.15) is 0 Å². The smallest absolute Gasteiger partial charge is 0.0922 e. The zero-order chi connectivity index (χ0) is 13.2. The van der Waals surface area contributed by atoms with Crippen molar-refractivity contribution in [3.63, 3.8) is 0 Å². The van der Waals surface area contributed by atoms with Crippen molar-refractivity contribution in [1.29, 1.82) is 0 Å². The Hall–Kier alpha value is -1.57. The van der Waals surface area contributed by atoms with Gasteiger partial charge in [0.2, 0.25) is 0 Å². The number of imidazole rings is 1. The molecule has 20 heavy (non-hydrogen) atoms. The fourth-order valence-electron chi connectivity index (χ4n) is 5.53. The molecule has 0 aliphatic heterocycles. The van der Waals surface area contributed by atoms with Crippen LogP contribution in [-0.2, 0) is 5.41 Å². The normalized spacial score (nSPS) is 37.9. The van der Waals surface area contributed by atoms with Gasteiger partial charge in [0.25, 0.3) is 0 Å². The summed E-state index contributed by atoms with van der Waals surface area (Å²) >= 11 is 0. The molecule has 5 aliphatic rings.